The first-order chi connectivity index (χ1) is 11.0. The summed E-state index contributed by atoms with van der Waals surface area (Å²) in [5, 5.41) is 22.3. The molecule has 1 aromatic rings. The van der Waals surface area contributed by atoms with E-state index in [1.165, 1.54) is 30.5 Å². The van der Waals surface area contributed by atoms with Crippen molar-refractivity contribution in [2.24, 2.45) is 0 Å². The molecule has 23 heavy (non-hydrogen) atoms. The zero-order valence-electron chi connectivity index (χ0n) is 12.4. The first-order valence-electron chi connectivity index (χ1n) is 6.65. The highest BCUT2D eigenvalue weighted by Crippen LogP contribution is 2.17. The summed E-state index contributed by atoms with van der Waals surface area (Å²) in [6.07, 6.45) is 4.66. The Kier molecular flexibility index (Phi) is 6.75. The first-order valence-corrected chi connectivity index (χ1v) is 6.65. The van der Waals surface area contributed by atoms with Gasteiger partial charge in [-0.05, 0) is 6.07 Å². The molecular formula is C16H16N4O3. The normalized spacial score (nSPS) is 10.3. The van der Waals surface area contributed by atoms with E-state index < -0.39 is 10.8 Å². The van der Waals surface area contributed by atoms with Gasteiger partial charge in [0.05, 0.1) is 4.92 Å². The minimum atomic E-state index is -0.647. The van der Waals surface area contributed by atoms with E-state index in [4.69, 9.17) is 5.26 Å². The molecule has 118 valence electrons. The smallest absolute Gasteiger partial charge is 0.271 e. The third-order valence-electron chi connectivity index (χ3n) is 2.72. The molecule has 0 saturated carbocycles. The largest absolute Gasteiger partial charge is 0.369 e. The summed E-state index contributed by atoms with van der Waals surface area (Å²) >= 11 is 0. The summed E-state index contributed by atoms with van der Waals surface area (Å²) < 4.78 is 0. The summed E-state index contributed by atoms with van der Waals surface area (Å²) in [6, 6.07) is 7.30. The highest BCUT2D eigenvalue weighted by atomic mass is 16.6. The number of carbonyl (C=O) groups is 1. The molecule has 0 spiro atoms. The quantitative estimate of drug-likeness (QED) is 0.261. The lowest BCUT2D eigenvalue weighted by Crippen LogP contribution is -2.21. The van der Waals surface area contributed by atoms with Gasteiger partial charge in [0, 0.05) is 37.1 Å². The van der Waals surface area contributed by atoms with E-state index in [-0.39, 0.29) is 16.9 Å². The van der Waals surface area contributed by atoms with Crippen molar-refractivity contribution in [2.75, 3.05) is 18.4 Å². The van der Waals surface area contributed by atoms with Gasteiger partial charge in [-0.25, -0.2) is 0 Å². The summed E-state index contributed by atoms with van der Waals surface area (Å²) in [7, 11) is 0. The summed E-state index contributed by atoms with van der Waals surface area (Å²) in [5.74, 6) is -0.647. The highest BCUT2D eigenvalue weighted by molar-refractivity contribution is 6.06. The zero-order valence-corrected chi connectivity index (χ0v) is 12.4. The molecule has 0 fully saturated rings. The van der Waals surface area contributed by atoms with Crippen LogP contribution in [0.5, 0.6) is 0 Å². The molecule has 0 atom stereocenters. The van der Waals surface area contributed by atoms with Crippen molar-refractivity contribution < 1.29 is 9.72 Å². The Morgan fingerprint density at radius 3 is 2.57 bits per heavy atom. The fourth-order valence-corrected chi connectivity index (χ4v) is 1.73. The van der Waals surface area contributed by atoms with Crippen molar-refractivity contribution in [2.45, 2.75) is 0 Å². The Labute approximate surface area is 134 Å². The summed E-state index contributed by atoms with van der Waals surface area (Å²) in [6.45, 7) is 8.10. The molecule has 7 heteroatoms. The van der Waals surface area contributed by atoms with Crippen LogP contribution in [0.3, 0.4) is 0 Å². The number of nitro benzene ring substituents is 1. The number of rotatable bonds is 8. The Morgan fingerprint density at radius 2 is 2.04 bits per heavy atom. The molecule has 0 aliphatic heterocycles. The van der Waals surface area contributed by atoms with Gasteiger partial charge in [0.25, 0.3) is 11.6 Å². The number of nitrogens with one attached hydrogen (secondary N) is 1. The summed E-state index contributed by atoms with van der Waals surface area (Å²) in [4.78, 5) is 24.0. The molecule has 0 heterocycles. The molecule has 7 nitrogen and oxygen atoms in total. The van der Waals surface area contributed by atoms with Crippen molar-refractivity contribution in [3.63, 3.8) is 0 Å². The van der Waals surface area contributed by atoms with Gasteiger partial charge in [-0.15, -0.1) is 13.2 Å². The zero-order chi connectivity index (χ0) is 17.2. The number of amides is 1. The van der Waals surface area contributed by atoms with E-state index >= 15 is 0 Å². The second-order valence-corrected chi connectivity index (χ2v) is 4.45. The molecule has 1 N–H and O–H groups in total. The molecule has 0 radical (unpaired) electrons. The number of anilines is 1. The first kappa shape index (κ1) is 17.7. The maximum atomic E-state index is 12.1. The van der Waals surface area contributed by atoms with Crippen molar-refractivity contribution in [1.82, 2.24) is 4.90 Å². The second kappa shape index (κ2) is 8.79. The van der Waals surface area contributed by atoms with Crippen LogP contribution < -0.4 is 5.32 Å². The van der Waals surface area contributed by atoms with Crippen LogP contribution in [0, 0.1) is 21.4 Å². The van der Waals surface area contributed by atoms with Gasteiger partial charge in [-0.1, -0.05) is 18.2 Å². The molecule has 0 aromatic heterocycles. The molecule has 0 aliphatic carbocycles. The molecule has 1 amide bonds. The predicted octanol–water partition coefficient (Wildman–Crippen LogP) is 2.61. The number of hydrogen-bond acceptors (Lipinski definition) is 5. The third-order valence-corrected chi connectivity index (χ3v) is 2.72. The van der Waals surface area contributed by atoms with E-state index in [1.54, 1.807) is 17.1 Å². The van der Waals surface area contributed by atoms with E-state index in [9.17, 15) is 14.9 Å². The topological polar surface area (TPSA) is 99.3 Å². The van der Waals surface area contributed by atoms with E-state index in [0.717, 1.165) is 0 Å². The van der Waals surface area contributed by atoms with Crippen molar-refractivity contribution in [1.29, 1.82) is 5.26 Å². The molecule has 1 aromatic carbocycles. The van der Waals surface area contributed by atoms with E-state index in [1.807, 2.05) is 6.07 Å². The molecular weight excluding hydrogens is 296 g/mol. The Morgan fingerprint density at radius 1 is 1.39 bits per heavy atom. The summed E-state index contributed by atoms with van der Waals surface area (Å²) in [5.41, 5.74) is -0.0326. The van der Waals surface area contributed by atoms with Crippen molar-refractivity contribution in [3.05, 3.63) is 71.5 Å². The number of nitrogens with zero attached hydrogens (tertiary/aromatic N) is 3. The molecule has 0 saturated heterocycles. The number of non-ortho nitro benzene ring substituents is 1. The Bertz CT molecular complexity index is 679. The van der Waals surface area contributed by atoms with Gasteiger partial charge in [-0.2, -0.15) is 5.26 Å². The average Bonchev–Trinajstić information content (AvgIpc) is 2.53. The van der Waals surface area contributed by atoms with Gasteiger partial charge in [-0.3, -0.25) is 14.9 Å². The lowest BCUT2D eigenvalue weighted by molar-refractivity contribution is -0.384. The highest BCUT2D eigenvalue weighted by Gasteiger charge is 2.13. The fourth-order valence-electron chi connectivity index (χ4n) is 1.73. The van der Waals surface area contributed by atoms with Crippen LogP contribution in [0.1, 0.15) is 0 Å². The van der Waals surface area contributed by atoms with Gasteiger partial charge >= 0.3 is 0 Å². The van der Waals surface area contributed by atoms with Gasteiger partial charge < -0.3 is 10.2 Å². The van der Waals surface area contributed by atoms with Gasteiger partial charge in [0.15, 0.2) is 0 Å². The number of nitriles is 1. The van der Waals surface area contributed by atoms with Crippen LogP contribution in [0.2, 0.25) is 0 Å². The van der Waals surface area contributed by atoms with Crippen LogP contribution in [-0.4, -0.2) is 28.8 Å². The third kappa shape index (κ3) is 5.47. The fraction of sp³-hybridized carbons (Fsp3) is 0.125. The van der Waals surface area contributed by atoms with Crippen molar-refractivity contribution in [3.8, 4) is 6.07 Å². The molecule has 0 aliphatic rings. The maximum Gasteiger partial charge on any atom is 0.271 e. The van der Waals surface area contributed by atoms with Crippen LogP contribution in [0.4, 0.5) is 11.4 Å². The standard InChI is InChI=1S/C16H16N4O3/c1-3-8-19(9-4-2)12-13(11-17)16(21)18-14-6-5-7-15(10-14)20(22)23/h3-7,10,12H,1-2,8-9H2,(H,18,21)/b13-12-. The molecule has 0 unspecified atom stereocenters. The minimum absolute atomic E-state index is 0.125. The van der Waals surface area contributed by atoms with E-state index in [0.29, 0.717) is 13.1 Å². The second-order valence-electron chi connectivity index (χ2n) is 4.45. The SMILES string of the molecule is C=CCN(/C=C(/C#N)C(=O)Nc1cccc([N+](=O)[O-])c1)CC=C. The van der Waals surface area contributed by atoms with Crippen molar-refractivity contribution >= 4 is 17.3 Å². The number of benzene rings is 1. The number of nitro groups is 1. The number of carbonyl (C=O) groups excluding carboxylic acids is 1. The van der Waals surface area contributed by atoms with Gasteiger partial charge in [0.2, 0.25) is 0 Å². The lowest BCUT2D eigenvalue weighted by Gasteiger charge is -2.16. The molecule has 0 bridgehead atoms. The van der Waals surface area contributed by atoms with Gasteiger partial charge in [0.1, 0.15) is 11.6 Å². The van der Waals surface area contributed by atoms with Crippen LogP contribution in [-0.2, 0) is 4.79 Å². The Hall–Kier alpha value is -3.40. The van der Waals surface area contributed by atoms with Crippen LogP contribution >= 0.6 is 0 Å². The molecule has 1 rings (SSSR count). The predicted molar refractivity (Wildman–Crippen MR) is 87.4 cm³/mol. The number of hydrogen-bond donors (Lipinski definition) is 1. The van der Waals surface area contributed by atoms with Crippen LogP contribution in [0.15, 0.2) is 61.3 Å². The lowest BCUT2D eigenvalue weighted by atomic mass is 10.2. The Balaban J connectivity index is 2.94. The monoisotopic (exact) mass is 312 g/mol. The van der Waals surface area contributed by atoms with E-state index in [2.05, 4.69) is 18.5 Å². The van der Waals surface area contributed by atoms with Crippen LogP contribution in [0.25, 0.3) is 0 Å². The minimum Gasteiger partial charge on any atom is -0.369 e. The average molecular weight is 312 g/mol. The maximum absolute atomic E-state index is 12.1.